The van der Waals surface area contributed by atoms with Gasteiger partial charge in [-0.3, -0.25) is 4.79 Å². The van der Waals surface area contributed by atoms with Gasteiger partial charge in [-0.2, -0.15) is 0 Å². The maximum Gasteiger partial charge on any atom is 0.239 e. The summed E-state index contributed by atoms with van der Waals surface area (Å²) in [7, 11) is 3.96. The molecule has 4 saturated carbocycles. The average molecular weight is 324 g/mol. The van der Waals surface area contributed by atoms with E-state index in [2.05, 4.69) is 23.0 Å². The molecule has 0 unspecified atom stereocenters. The lowest BCUT2D eigenvalue weighted by Gasteiger charge is -2.56. The van der Waals surface area contributed by atoms with Crippen molar-refractivity contribution in [2.75, 3.05) is 20.6 Å². The van der Waals surface area contributed by atoms with Gasteiger partial charge in [0, 0.05) is 12.1 Å². The van der Waals surface area contributed by atoms with Gasteiger partial charge in [-0.25, -0.2) is 0 Å². The molecule has 1 amide bonds. The highest BCUT2D eigenvalue weighted by Crippen LogP contribution is 2.55. The molecule has 134 valence electrons. The molecule has 0 radical (unpaired) electrons. The van der Waals surface area contributed by atoms with Crippen molar-refractivity contribution in [3.05, 3.63) is 0 Å². The van der Waals surface area contributed by atoms with E-state index in [0.29, 0.717) is 5.54 Å². The summed E-state index contributed by atoms with van der Waals surface area (Å²) in [6, 6.07) is 0. The minimum Gasteiger partial charge on any atom is -0.355 e. The minimum absolute atomic E-state index is 0.0573. The quantitative estimate of drug-likeness (QED) is 0.729. The van der Waals surface area contributed by atoms with Crippen LogP contribution in [0, 0.1) is 17.8 Å². The fourth-order valence-corrected chi connectivity index (χ4v) is 4.99. The van der Waals surface area contributed by atoms with Crippen LogP contribution in [-0.2, 0) is 4.79 Å². The lowest BCUT2D eigenvalue weighted by atomic mass is 9.53. The molecule has 4 aliphatic carbocycles. The number of nitrogens with one attached hydrogen (secondary N) is 3. The number of hydrogen-bond donors (Lipinski definition) is 3. The van der Waals surface area contributed by atoms with Crippen LogP contribution in [-0.4, -0.2) is 37.6 Å². The first kappa shape index (κ1) is 18.7. The molecule has 0 spiro atoms. The van der Waals surface area contributed by atoms with E-state index in [9.17, 15) is 4.79 Å². The summed E-state index contributed by atoms with van der Waals surface area (Å²) in [6.07, 6.45) is 10.1. The predicted octanol–water partition coefficient (Wildman–Crippen LogP) is 2.69. The van der Waals surface area contributed by atoms with Gasteiger partial charge < -0.3 is 16.0 Å². The molecule has 4 aliphatic rings. The van der Waals surface area contributed by atoms with Crippen LogP contribution in [0.5, 0.6) is 0 Å². The Kier molecular flexibility index (Phi) is 6.12. The lowest BCUT2D eigenvalue weighted by Crippen LogP contribution is -2.57. The molecule has 0 aliphatic heterocycles. The molecule has 0 heterocycles. The largest absolute Gasteiger partial charge is 0.355 e. The summed E-state index contributed by atoms with van der Waals surface area (Å²) in [5.41, 5.74) is 0.143. The molecule has 4 rings (SSSR count). The molecule has 0 saturated heterocycles. The van der Waals surface area contributed by atoms with E-state index < -0.39 is 5.54 Å². The third-order valence-corrected chi connectivity index (χ3v) is 6.30. The Morgan fingerprint density at radius 1 is 1.04 bits per heavy atom. The summed E-state index contributed by atoms with van der Waals surface area (Å²) in [4.78, 5) is 11.3. The summed E-state index contributed by atoms with van der Waals surface area (Å²) in [5.74, 6) is 3.32. The Morgan fingerprint density at radius 3 is 1.87 bits per heavy atom. The van der Waals surface area contributed by atoms with Gasteiger partial charge >= 0.3 is 0 Å². The van der Waals surface area contributed by atoms with Crippen LogP contribution in [0.1, 0.15) is 65.7 Å². The molecular weight excluding hydrogens is 286 g/mol. The predicted molar refractivity (Wildman–Crippen MR) is 96.4 cm³/mol. The second kappa shape index (κ2) is 7.52. The first-order valence-electron chi connectivity index (χ1n) is 9.50. The van der Waals surface area contributed by atoms with Crippen molar-refractivity contribution in [2.24, 2.45) is 17.8 Å². The number of hydrogen-bond acceptors (Lipinski definition) is 3. The summed E-state index contributed by atoms with van der Waals surface area (Å²) < 4.78 is 0. The minimum atomic E-state index is -0.449. The first-order chi connectivity index (χ1) is 10.8. The zero-order valence-electron chi connectivity index (χ0n) is 15.8. The van der Waals surface area contributed by atoms with Crippen LogP contribution in [0.2, 0.25) is 0 Å². The van der Waals surface area contributed by atoms with Crippen molar-refractivity contribution in [1.29, 1.82) is 0 Å². The van der Waals surface area contributed by atoms with Gasteiger partial charge in [-0.1, -0.05) is 6.92 Å². The molecule has 0 aromatic carbocycles. The SMILES string of the molecule is CCCNC(=O)C(C)(C)NC.CNC12CC3CC(CC(C3)C1)C2. The smallest absolute Gasteiger partial charge is 0.239 e. The third-order valence-electron chi connectivity index (χ3n) is 6.30. The highest BCUT2D eigenvalue weighted by molar-refractivity contribution is 5.85. The van der Waals surface area contributed by atoms with Gasteiger partial charge in [0.25, 0.3) is 0 Å². The van der Waals surface area contributed by atoms with Gasteiger partial charge in [0.15, 0.2) is 0 Å². The van der Waals surface area contributed by atoms with Crippen LogP contribution in [0.15, 0.2) is 0 Å². The number of carbonyl (C=O) groups excluding carboxylic acids is 1. The Hall–Kier alpha value is -0.610. The van der Waals surface area contributed by atoms with E-state index in [1.165, 1.54) is 19.3 Å². The summed E-state index contributed by atoms with van der Waals surface area (Å²) in [6.45, 7) is 6.51. The van der Waals surface area contributed by atoms with E-state index in [0.717, 1.165) is 30.7 Å². The fraction of sp³-hybridized carbons (Fsp3) is 0.947. The summed E-state index contributed by atoms with van der Waals surface area (Å²) >= 11 is 0. The molecule has 0 aromatic heterocycles. The molecule has 23 heavy (non-hydrogen) atoms. The third kappa shape index (κ3) is 4.48. The first-order valence-corrected chi connectivity index (χ1v) is 9.50. The zero-order chi connectivity index (χ0) is 17.1. The molecule has 4 nitrogen and oxygen atoms in total. The molecule has 4 bridgehead atoms. The average Bonchev–Trinajstić information content (AvgIpc) is 2.52. The van der Waals surface area contributed by atoms with E-state index in [1.54, 1.807) is 26.3 Å². The van der Waals surface area contributed by atoms with E-state index in [4.69, 9.17) is 0 Å². The van der Waals surface area contributed by atoms with Crippen molar-refractivity contribution < 1.29 is 4.79 Å². The fourth-order valence-electron chi connectivity index (χ4n) is 4.99. The van der Waals surface area contributed by atoms with Crippen molar-refractivity contribution >= 4 is 5.91 Å². The molecule has 4 fully saturated rings. The second-order valence-electron chi connectivity index (χ2n) is 8.58. The van der Waals surface area contributed by atoms with Crippen molar-refractivity contribution in [2.45, 2.75) is 76.8 Å². The van der Waals surface area contributed by atoms with E-state index in [1.807, 2.05) is 20.8 Å². The normalized spacial score (nSPS) is 34.7. The Morgan fingerprint density at radius 2 is 1.52 bits per heavy atom. The van der Waals surface area contributed by atoms with Gasteiger partial charge in [0.1, 0.15) is 0 Å². The van der Waals surface area contributed by atoms with Crippen LogP contribution in [0.4, 0.5) is 0 Å². The van der Waals surface area contributed by atoms with Crippen LogP contribution in [0.25, 0.3) is 0 Å². The van der Waals surface area contributed by atoms with Gasteiger partial charge in [0.05, 0.1) is 5.54 Å². The van der Waals surface area contributed by atoms with Crippen molar-refractivity contribution in [3.63, 3.8) is 0 Å². The van der Waals surface area contributed by atoms with Gasteiger partial charge in [-0.05, 0) is 90.6 Å². The summed E-state index contributed by atoms with van der Waals surface area (Å²) in [5, 5.41) is 9.37. The molecular formula is C19H37N3O. The number of likely N-dealkylation sites (N-methyl/N-ethyl adjacent to an activating group) is 1. The van der Waals surface area contributed by atoms with Crippen LogP contribution in [0.3, 0.4) is 0 Å². The van der Waals surface area contributed by atoms with Gasteiger partial charge in [0.2, 0.25) is 5.91 Å². The lowest BCUT2D eigenvalue weighted by molar-refractivity contribution is -0.126. The van der Waals surface area contributed by atoms with Crippen LogP contribution >= 0.6 is 0 Å². The Labute approximate surface area is 142 Å². The highest BCUT2D eigenvalue weighted by atomic mass is 16.2. The van der Waals surface area contributed by atoms with Gasteiger partial charge in [-0.15, -0.1) is 0 Å². The van der Waals surface area contributed by atoms with Crippen LogP contribution < -0.4 is 16.0 Å². The van der Waals surface area contributed by atoms with E-state index in [-0.39, 0.29) is 5.91 Å². The van der Waals surface area contributed by atoms with Crippen molar-refractivity contribution in [1.82, 2.24) is 16.0 Å². The number of amides is 1. The standard InChI is InChI=1S/C11H19N.C8H18N2O/c1-12-11-5-8-2-9(6-11)4-10(3-8)7-11;1-5-6-10-7(11)8(2,3)9-4/h8-10,12H,2-7H2,1H3;9H,5-6H2,1-4H3,(H,10,11). The molecule has 0 aromatic rings. The maximum atomic E-state index is 11.3. The Balaban J connectivity index is 0.000000168. The molecule has 0 atom stereocenters. The highest BCUT2D eigenvalue weighted by Gasteiger charge is 2.49. The second-order valence-corrected chi connectivity index (χ2v) is 8.58. The zero-order valence-corrected chi connectivity index (χ0v) is 15.8. The number of carbonyl (C=O) groups is 1. The topological polar surface area (TPSA) is 53.2 Å². The van der Waals surface area contributed by atoms with Crippen molar-refractivity contribution in [3.8, 4) is 0 Å². The monoisotopic (exact) mass is 323 g/mol. The van der Waals surface area contributed by atoms with E-state index >= 15 is 0 Å². The maximum absolute atomic E-state index is 11.3. The molecule has 4 heteroatoms. The Bertz CT molecular complexity index is 370. The molecule has 3 N–H and O–H groups in total. The number of rotatable bonds is 5.